The second-order valence-corrected chi connectivity index (χ2v) is 5.21. The maximum Gasteiger partial charge on any atom is 0.155 e. The molecule has 2 rings (SSSR count). The first-order chi connectivity index (χ1) is 9.56. The van der Waals surface area contributed by atoms with Gasteiger partial charge in [-0.25, -0.2) is 9.50 Å². The van der Waals surface area contributed by atoms with Crippen LogP contribution < -0.4 is 5.32 Å². The summed E-state index contributed by atoms with van der Waals surface area (Å²) in [5.41, 5.74) is 4.06. The summed E-state index contributed by atoms with van der Waals surface area (Å²) in [6, 6.07) is 4.56. The summed E-state index contributed by atoms with van der Waals surface area (Å²) < 4.78 is 1.88. The zero-order chi connectivity index (χ0) is 14.7. The lowest BCUT2D eigenvalue weighted by Gasteiger charge is -2.21. The van der Waals surface area contributed by atoms with Crippen LogP contribution in [-0.4, -0.2) is 20.6 Å². The zero-order valence-corrected chi connectivity index (χ0v) is 12.5. The number of aromatic nitrogens is 3. The third kappa shape index (κ3) is 2.81. The number of nitrogens with one attached hydrogen (secondary N) is 1. The Morgan fingerprint density at radius 2 is 2.20 bits per heavy atom. The Bertz CT molecular complexity index is 637. The topological polar surface area (TPSA) is 66.0 Å². The SMILES string of the molecule is CCC(CC#N)NC(C)c1cnc2cc(C)nn2c1C. The van der Waals surface area contributed by atoms with Crippen LogP contribution in [0.2, 0.25) is 0 Å². The third-order valence-corrected chi connectivity index (χ3v) is 3.67. The lowest BCUT2D eigenvalue weighted by Crippen LogP contribution is -2.31. The molecule has 2 aromatic heterocycles. The molecule has 0 fully saturated rings. The number of nitrogens with zero attached hydrogens (tertiary/aromatic N) is 4. The molecule has 0 bridgehead atoms. The van der Waals surface area contributed by atoms with E-state index < -0.39 is 0 Å². The standard InChI is InChI=1S/C15H21N5/c1-5-13(6-7-16)18-11(3)14-9-17-15-8-10(2)19-20(15)12(14)4/h8-9,11,13,18H,5-6H2,1-4H3. The molecule has 5 nitrogen and oxygen atoms in total. The molecule has 0 aliphatic carbocycles. The molecule has 0 saturated heterocycles. The first-order valence-electron chi connectivity index (χ1n) is 7.01. The second-order valence-electron chi connectivity index (χ2n) is 5.21. The first kappa shape index (κ1) is 14.5. The van der Waals surface area contributed by atoms with Crippen molar-refractivity contribution in [2.24, 2.45) is 0 Å². The van der Waals surface area contributed by atoms with Gasteiger partial charge in [0, 0.05) is 35.6 Å². The minimum Gasteiger partial charge on any atom is -0.306 e. The highest BCUT2D eigenvalue weighted by molar-refractivity contribution is 5.42. The van der Waals surface area contributed by atoms with Crippen molar-refractivity contribution in [3.8, 4) is 6.07 Å². The summed E-state index contributed by atoms with van der Waals surface area (Å²) in [6.07, 6.45) is 3.37. The highest BCUT2D eigenvalue weighted by atomic mass is 15.3. The van der Waals surface area contributed by atoms with Crippen LogP contribution in [0.15, 0.2) is 12.3 Å². The van der Waals surface area contributed by atoms with Crippen LogP contribution in [0.5, 0.6) is 0 Å². The number of hydrogen-bond acceptors (Lipinski definition) is 4. The summed E-state index contributed by atoms with van der Waals surface area (Å²) >= 11 is 0. The number of aryl methyl sites for hydroxylation is 2. The molecule has 2 atom stereocenters. The Kier molecular flexibility index (Phi) is 4.35. The monoisotopic (exact) mass is 271 g/mol. The fourth-order valence-electron chi connectivity index (χ4n) is 2.48. The van der Waals surface area contributed by atoms with Gasteiger partial charge in [-0.2, -0.15) is 10.4 Å². The number of nitriles is 1. The van der Waals surface area contributed by atoms with E-state index in [9.17, 15) is 0 Å². The normalized spacial score (nSPS) is 14.2. The van der Waals surface area contributed by atoms with Crippen molar-refractivity contribution in [1.29, 1.82) is 5.26 Å². The summed E-state index contributed by atoms with van der Waals surface area (Å²) in [5, 5.41) is 16.8. The van der Waals surface area contributed by atoms with Gasteiger partial charge in [-0.1, -0.05) is 6.92 Å². The molecule has 0 spiro atoms. The Balaban J connectivity index is 2.28. The summed E-state index contributed by atoms with van der Waals surface area (Å²) in [5.74, 6) is 0. The zero-order valence-electron chi connectivity index (χ0n) is 12.5. The molecule has 0 radical (unpaired) electrons. The van der Waals surface area contributed by atoms with Gasteiger partial charge in [0.2, 0.25) is 0 Å². The largest absolute Gasteiger partial charge is 0.306 e. The van der Waals surface area contributed by atoms with Gasteiger partial charge in [0.25, 0.3) is 0 Å². The van der Waals surface area contributed by atoms with Crippen LogP contribution in [0.4, 0.5) is 0 Å². The molecule has 1 N–H and O–H groups in total. The van der Waals surface area contributed by atoms with Gasteiger partial charge in [0.05, 0.1) is 18.2 Å². The van der Waals surface area contributed by atoms with E-state index in [0.29, 0.717) is 6.42 Å². The van der Waals surface area contributed by atoms with Gasteiger partial charge in [-0.05, 0) is 27.2 Å². The van der Waals surface area contributed by atoms with Crippen molar-refractivity contribution in [3.63, 3.8) is 0 Å². The van der Waals surface area contributed by atoms with Gasteiger partial charge in [-0.3, -0.25) is 0 Å². The maximum absolute atomic E-state index is 8.83. The van der Waals surface area contributed by atoms with Gasteiger partial charge >= 0.3 is 0 Å². The van der Waals surface area contributed by atoms with E-state index in [1.165, 1.54) is 0 Å². The highest BCUT2D eigenvalue weighted by Gasteiger charge is 2.16. The fraction of sp³-hybridized carbons (Fsp3) is 0.533. The predicted octanol–water partition coefficient (Wildman–Crippen LogP) is 2.69. The average molecular weight is 271 g/mol. The molecule has 0 aliphatic heterocycles. The molecule has 0 aliphatic rings. The van der Waals surface area contributed by atoms with Gasteiger partial charge in [-0.15, -0.1) is 0 Å². The maximum atomic E-state index is 8.83. The molecule has 2 heterocycles. The quantitative estimate of drug-likeness (QED) is 0.908. The van der Waals surface area contributed by atoms with Crippen molar-refractivity contribution < 1.29 is 0 Å². The summed E-state index contributed by atoms with van der Waals surface area (Å²) in [4.78, 5) is 4.46. The van der Waals surface area contributed by atoms with Crippen molar-refractivity contribution in [1.82, 2.24) is 19.9 Å². The van der Waals surface area contributed by atoms with Crippen LogP contribution in [0.25, 0.3) is 5.65 Å². The minimum atomic E-state index is 0.148. The molecule has 0 aromatic carbocycles. The third-order valence-electron chi connectivity index (χ3n) is 3.67. The number of rotatable bonds is 5. The number of hydrogen-bond donors (Lipinski definition) is 1. The van der Waals surface area contributed by atoms with Crippen molar-refractivity contribution >= 4 is 5.65 Å². The van der Waals surface area contributed by atoms with Crippen molar-refractivity contribution in [2.45, 2.75) is 52.6 Å². The predicted molar refractivity (Wildman–Crippen MR) is 78.3 cm³/mol. The lowest BCUT2D eigenvalue weighted by atomic mass is 10.1. The van der Waals surface area contributed by atoms with E-state index >= 15 is 0 Å². The Hall–Kier alpha value is -1.93. The molecule has 0 saturated carbocycles. The van der Waals surface area contributed by atoms with Crippen LogP contribution in [0, 0.1) is 25.2 Å². The summed E-state index contributed by atoms with van der Waals surface area (Å²) in [6.45, 7) is 8.22. The average Bonchev–Trinajstić information content (AvgIpc) is 2.80. The van der Waals surface area contributed by atoms with Crippen LogP contribution in [0.1, 0.15) is 49.7 Å². The van der Waals surface area contributed by atoms with E-state index in [4.69, 9.17) is 5.26 Å². The Morgan fingerprint density at radius 3 is 2.85 bits per heavy atom. The molecular weight excluding hydrogens is 250 g/mol. The van der Waals surface area contributed by atoms with Crippen LogP contribution >= 0.6 is 0 Å². The van der Waals surface area contributed by atoms with Crippen molar-refractivity contribution in [3.05, 3.63) is 29.2 Å². The van der Waals surface area contributed by atoms with Gasteiger partial charge in [0.15, 0.2) is 5.65 Å². The number of fused-ring (bicyclic) bond motifs is 1. The second kappa shape index (κ2) is 6.02. The Labute approximate surface area is 119 Å². The molecule has 2 aromatic rings. The minimum absolute atomic E-state index is 0.148. The highest BCUT2D eigenvalue weighted by Crippen LogP contribution is 2.19. The molecular formula is C15H21N5. The lowest BCUT2D eigenvalue weighted by molar-refractivity contribution is 0.444. The van der Waals surface area contributed by atoms with Crippen molar-refractivity contribution in [2.75, 3.05) is 0 Å². The molecule has 20 heavy (non-hydrogen) atoms. The van der Waals surface area contributed by atoms with Gasteiger partial charge in [0.1, 0.15) is 0 Å². The molecule has 106 valence electrons. The molecule has 5 heteroatoms. The smallest absolute Gasteiger partial charge is 0.155 e. The van der Waals surface area contributed by atoms with Crippen LogP contribution in [-0.2, 0) is 0 Å². The van der Waals surface area contributed by atoms with E-state index in [2.05, 4.69) is 42.2 Å². The summed E-state index contributed by atoms with van der Waals surface area (Å²) in [7, 11) is 0. The van der Waals surface area contributed by atoms with Gasteiger partial charge < -0.3 is 5.32 Å². The first-order valence-corrected chi connectivity index (χ1v) is 7.01. The van der Waals surface area contributed by atoms with E-state index in [0.717, 1.165) is 29.0 Å². The molecule has 0 amide bonds. The fourth-order valence-corrected chi connectivity index (χ4v) is 2.48. The Morgan fingerprint density at radius 1 is 1.45 bits per heavy atom. The van der Waals surface area contributed by atoms with E-state index in [1.54, 1.807) is 0 Å². The van der Waals surface area contributed by atoms with E-state index in [1.807, 2.05) is 23.7 Å². The van der Waals surface area contributed by atoms with Crippen LogP contribution in [0.3, 0.4) is 0 Å². The van der Waals surface area contributed by atoms with E-state index in [-0.39, 0.29) is 12.1 Å². The molecule has 2 unspecified atom stereocenters.